The molecule has 0 radical (unpaired) electrons. The summed E-state index contributed by atoms with van der Waals surface area (Å²) in [6, 6.07) is 0.891. The van der Waals surface area contributed by atoms with Crippen molar-refractivity contribution in [2.75, 3.05) is 6.54 Å². The van der Waals surface area contributed by atoms with Gasteiger partial charge in [-0.05, 0) is 25.2 Å². The summed E-state index contributed by atoms with van der Waals surface area (Å²) in [6.45, 7) is 7.01. The van der Waals surface area contributed by atoms with Gasteiger partial charge in [0.25, 0.3) is 0 Å². The molecule has 3 nitrogen and oxygen atoms in total. The van der Waals surface area contributed by atoms with Crippen LogP contribution in [-0.2, 0) is 4.79 Å². The van der Waals surface area contributed by atoms with Crippen LogP contribution >= 0.6 is 0 Å². The first kappa shape index (κ1) is 13.5. The normalized spacial score (nSPS) is 19.0. The molecule has 0 bridgehead atoms. The van der Waals surface area contributed by atoms with Crippen molar-refractivity contribution in [2.24, 2.45) is 5.92 Å². The summed E-state index contributed by atoms with van der Waals surface area (Å²) in [6.07, 6.45) is 5.93. The van der Waals surface area contributed by atoms with Crippen LogP contribution in [-0.4, -0.2) is 24.5 Å². The van der Waals surface area contributed by atoms with Crippen LogP contribution in [0.3, 0.4) is 0 Å². The van der Waals surface area contributed by atoms with Crippen LogP contribution in [0.1, 0.15) is 52.9 Å². The van der Waals surface area contributed by atoms with Gasteiger partial charge in [0.15, 0.2) is 0 Å². The molecule has 0 aliphatic heterocycles. The van der Waals surface area contributed by atoms with Crippen LogP contribution in [0.15, 0.2) is 0 Å². The van der Waals surface area contributed by atoms with Gasteiger partial charge in [0.05, 0.1) is 6.54 Å². The zero-order valence-electron chi connectivity index (χ0n) is 10.9. The van der Waals surface area contributed by atoms with Crippen molar-refractivity contribution in [1.29, 1.82) is 0 Å². The lowest BCUT2D eigenvalue weighted by molar-refractivity contribution is -0.121. The largest absolute Gasteiger partial charge is 0.352 e. The highest BCUT2D eigenvalue weighted by molar-refractivity contribution is 5.78. The standard InChI is InChI=1S/C13H26N2O/c1-4-12(10(2)3)14-9-13(16)15-11-7-5-6-8-11/h10-12,14H,4-9H2,1-3H3,(H,15,16). The van der Waals surface area contributed by atoms with E-state index in [0.29, 0.717) is 24.5 Å². The van der Waals surface area contributed by atoms with Crippen molar-refractivity contribution in [3.8, 4) is 0 Å². The van der Waals surface area contributed by atoms with Crippen LogP contribution in [0.25, 0.3) is 0 Å². The average molecular weight is 226 g/mol. The van der Waals surface area contributed by atoms with Gasteiger partial charge in [-0.2, -0.15) is 0 Å². The summed E-state index contributed by atoms with van der Waals surface area (Å²) in [4.78, 5) is 11.7. The molecule has 0 spiro atoms. The zero-order chi connectivity index (χ0) is 12.0. The molecule has 0 saturated heterocycles. The van der Waals surface area contributed by atoms with Crippen LogP contribution in [0.2, 0.25) is 0 Å². The summed E-state index contributed by atoms with van der Waals surface area (Å²) < 4.78 is 0. The molecule has 3 heteroatoms. The molecule has 94 valence electrons. The fourth-order valence-electron chi connectivity index (χ4n) is 2.42. The van der Waals surface area contributed by atoms with E-state index in [1.165, 1.54) is 12.8 Å². The van der Waals surface area contributed by atoms with Crippen LogP contribution in [0, 0.1) is 5.92 Å². The number of hydrogen-bond acceptors (Lipinski definition) is 2. The monoisotopic (exact) mass is 226 g/mol. The molecule has 1 amide bonds. The Morgan fingerprint density at radius 2 is 1.94 bits per heavy atom. The van der Waals surface area contributed by atoms with Crippen molar-refractivity contribution in [3.63, 3.8) is 0 Å². The maximum absolute atomic E-state index is 11.7. The number of nitrogens with one attached hydrogen (secondary N) is 2. The second-order valence-electron chi connectivity index (χ2n) is 5.19. The van der Waals surface area contributed by atoms with Gasteiger partial charge in [-0.25, -0.2) is 0 Å². The Labute approximate surface area is 99.4 Å². The smallest absolute Gasteiger partial charge is 0.234 e. The fraction of sp³-hybridized carbons (Fsp3) is 0.923. The third-order valence-corrected chi connectivity index (χ3v) is 3.49. The lowest BCUT2D eigenvalue weighted by Gasteiger charge is -2.21. The Morgan fingerprint density at radius 3 is 2.44 bits per heavy atom. The van der Waals surface area contributed by atoms with Crippen LogP contribution in [0.5, 0.6) is 0 Å². The molecule has 1 aliphatic rings. The van der Waals surface area contributed by atoms with E-state index in [4.69, 9.17) is 0 Å². The van der Waals surface area contributed by atoms with Gasteiger partial charge < -0.3 is 10.6 Å². The van der Waals surface area contributed by atoms with Gasteiger partial charge in [0.2, 0.25) is 5.91 Å². The van der Waals surface area contributed by atoms with E-state index in [1.807, 2.05) is 0 Å². The number of hydrogen-bond donors (Lipinski definition) is 2. The highest BCUT2D eigenvalue weighted by Crippen LogP contribution is 2.17. The van der Waals surface area contributed by atoms with E-state index in [9.17, 15) is 4.79 Å². The van der Waals surface area contributed by atoms with E-state index in [0.717, 1.165) is 19.3 Å². The first-order valence-corrected chi connectivity index (χ1v) is 6.66. The maximum atomic E-state index is 11.7. The molecule has 0 aromatic carbocycles. The van der Waals surface area contributed by atoms with Crippen molar-refractivity contribution < 1.29 is 4.79 Å². The van der Waals surface area contributed by atoms with Crippen molar-refractivity contribution in [3.05, 3.63) is 0 Å². The number of amides is 1. The predicted octanol–water partition coefficient (Wildman–Crippen LogP) is 2.07. The van der Waals surface area contributed by atoms with E-state index in [-0.39, 0.29) is 5.91 Å². The molecule has 1 fully saturated rings. The number of carbonyl (C=O) groups excluding carboxylic acids is 1. The van der Waals surface area contributed by atoms with Crippen LogP contribution < -0.4 is 10.6 Å². The lowest BCUT2D eigenvalue weighted by atomic mass is 10.0. The lowest BCUT2D eigenvalue weighted by Crippen LogP contribution is -2.43. The molecule has 0 aromatic heterocycles. The molecule has 1 rings (SSSR count). The molecule has 2 N–H and O–H groups in total. The highest BCUT2D eigenvalue weighted by atomic mass is 16.1. The first-order chi connectivity index (χ1) is 7.63. The minimum Gasteiger partial charge on any atom is -0.352 e. The second kappa shape index (κ2) is 6.89. The maximum Gasteiger partial charge on any atom is 0.234 e. The van der Waals surface area contributed by atoms with E-state index < -0.39 is 0 Å². The molecular formula is C13H26N2O. The summed E-state index contributed by atoms with van der Waals surface area (Å²) in [5, 5.41) is 6.43. The Morgan fingerprint density at radius 1 is 1.31 bits per heavy atom. The molecule has 1 atom stereocenters. The Bertz CT molecular complexity index is 210. The molecule has 0 aromatic rings. The van der Waals surface area contributed by atoms with Gasteiger partial charge in [-0.15, -0.1) is 0 Å². The topological polar surface area (TPSA) is 41.1 Å². The minimum absolute atomic E-state index is 0.158. The van der Waals surface area contributed by atoms with Crippen LogP contribution in [0.4, 0.5) is 0 Å². The van der Waals surface area contributed by atoms with Gasteiger partial charge in [-0.3, -0.25) is 4.79 Å². The molecular weight excluding hydrogens is 200 g/mol. The molecule has 16 heavy (non-hydrogen) atoms. The summed E-state index contributed by atoms with van der Waals surface area (Å²) >= 11 is 0. The first-order valence-electron chi connectivity index (χ1n) is 6.66. The third kappa shape index (κ3) is 4.52. The molecule has 1 unspecified atom stereocenters. The van der Waals surface area contributed by atoms with Crippen molar-refractivity contribution >= 4 is 5.91 Å². The quantitative estimate of drug-likeness (QED) is 0.728. The van der Waals surface area contributed by atoms with E-state index in [1.54, 1.807) is 0 Å². The summed E-state index contributed by atoms with van der Waals surface area (Å²) in [5.74, 6) is 0.746. The van der Waals surface area contributed by atoms with E-state index in [2.05, 4.69) is 31.4 Å². The third-order valence-electron chi connectivity index (χ3n) is 3.49. The minimum atomic E-state index is 0.158. The number of rotatable bonds is 6. The zero-order valence-corrected chi connectivity index (χ0v) is 10.9. The molecule has 1 aliphatic carbocycles. The Hall–Kier alpha value is -0.570. The predicted molar refractivity (Wildman–Crippen MR) is 67.3 cm³/mol. The van der Waals surface area contributed by atoms with Gasteiger partial charge in [-0.1, -0.05) is 33.6 Å². The Kier molecular flexibility index (Phi) is 5.81. The Balaban J connectivity index is 2.18. The average Bonchev–Trinajstić information content (AvgIpc) is 2.70. The molecule has 1 saturated carbocycles. The van der Waals surface area contributed by atoms with Gasteiger partial charge in [0.1, 0.15) is 0 Å². The second-order valence-corrected chi connectivity index (χ2v) is 5.19. The fourth-order valence-corrected chi connectivity index (χ4v) is 2.42. The SMILES string of the molecule is CCC(NCC(=O)NC1CCCC1)C(C)C. The highest BCUT2D eigenvalue weighted by Gasteiger charge is 2.18. The van der Waals surface area contributed by atoms with E-state index >= 15 is 0 Å². The van der Waals surface area contributed by atoms with Crippen molar-refractivity contribution in [1.82, 2.24) is 10.6 Å². The van der Waals surface area contributed by atoms with Gasteiger partial charge in [0, 0.05) is 12.1 Å². The summed E-state index contributed by atoms with van der Waals surface area (Å²) in [7, 11) is 0. The summed E-state index contributed by atoms with van der Waals surface area (Å²) in [5.41, 5.74) is 0. The van der Waals surface area contributed by atoms with Crippen molar-refractivity contribution in [2.45, 2.75) is 65.0 Å². The van der Waals surface area contributed by atoms with Gasteiger partial charge >= 0.3 is 0 Å². The molecule has 0 heterocycles. The number of carbonyl (C=O) groups is 1.